The van der Waals surface area contributed by atoms with E-state index in [4.69, 9.17) is 5.73 Å². The number of carbonyl (C=O) groups is 1. The zero-order chi connectivity index (χ0) is 12.7. The Kier molecular flexibility index (Phi) is 5.62. The van der Waals surface area contributed by atoms with E-state index in [0.717, 1.165) is 18.5 Å². The number of amides is 1. The Labute approximate surface area is 102 Å². The quantitative estimate of drug-likeness (QED) is 0.706. The van der Waals surface area contributed by atoms with Crippen LogP contribution in [-0.2, 0) is 17.8 Å². The second-order valence-electron chi connectivity index (χ2n) is 4.20. The van der Waals surface area contributed by atoms with Gasteiger partial charge in [-0.15, -0.1) is 5.10 Å². The summed E-state index contributed by atoms with van der Waals surface area (Å²) in [6.07, 6.45) is 4.50. The Morgan fingerprint density at radius 2 is 2.41 bits per heavy atom. The first kappa shape index (κ1) is 13.6. The molecule has 1 heterocycles. The van der Waals surface area contributed by atoms with Crippen molar-refractivity contribution < 1.29 is 4.79 Å². The van der Waals surface area contributed by atoms with Gasteiger partial charge in [0.25, 0.3) is 0 Å². The molecule has 0 aromatic carbocycles. The summed E-state index contributed by atoms with van der Waals surface area (Å²) in [7, 11) is 0. The Hall–Kier alpha value is -1.43. The van der Waals surface area contributed by atoms with Crippen molar-refractivity contribution in [3.63, 3.8) is 0 Å². The first-order valence-electron chi connectivity index (χ1n) is 6.04. The largest absolute Gasteiger partial charge is 0.352 e. The van der Waals surface area contributed by atoms with Gasteiger partial charge in [-0.25, -0.2) is 4.68 Å². The summed E-state index contributed by atoms with van der Waals surface area (Å²) in [4.78, 5) is 11.6. The van der Waals surface area contributed by atoms with Crippen LogP contribution < -0.4 is 11.1 Å². The van der Waals surface area contributed by atoms with Crippen molar-refractivity contribution in [1.82, 2.24) is 20.3 Å². The Balaban J connectivity index is 2.39. The predicted molar refractivity (Wildman–Crippen MR) is 65.3 cm³/mol. The van der Waals surface area contributed by atoms with Crippen molar-refractivity contribution in [3.8, 4) is 0 Å². The molecule has 0 saturated heterocycles. The molecule has 0 aliphatic carbocycles. The molecule has 0 radical (unpaired) electrons. The first-order valence-corrected chi connectivity index (χ1v) is 6.04. The van der Waals surface area contributed by atoms with Gasteiger partial charge in [0, 0.05) is 18.7 Å². The van der Waals surface area contributed by atoms with Crippen molar-refractivity contribution in [2.75, 3.05) is 6.54 Å². The third kappa shape index (κ3) is 4.95. The monoisotopic (exact) mass is 239 g/mol. The maximum atomic E-state index is 11.6. The molecule has 6 heteroatoms. The Morgan fingerprint density at radius 3 is 3.06 bits per heavy atom. The molecule has 1 aromatic rings. The normalized spacial score (nSPS) is 12.4. The van der Waals surface area contributed by atoms with Crippen molar-refractivity contribution in [1.29, 1.82) is 0 Å². The number of nitrogens with one attached hydrogen (secondary N) is 1. The predicted octanol–water partition coefficient (Wildman–Crippen LogP) is 0.0841. The molecular weight excluding hydrogens is 218 g/mol. The summed E-state index contributed by atoms with van der Waals surface area (Å²) in [6.45, 7) is 4.85. The molecular formula is C11H21N5O. The highest BCUT2D eigenvalue weighted by atomic mass is 16.2. The van der Waals surface area contributed by atoms with Crippen LogP contribution in [0.3, 0.4) is 0 Å². The lowest BCUT2D eigenvalue weighted by molar-refractivity contribution is -0.122. The molecule has 1 amide bonds. The number of hydrogen-bond donors (Lipinski definition) is 2. The van der Waals surface area contributed by atoms with E-state index >= 15 is 0 Å². The molecule has 0 spiro atoms. The molecule has 0 saturated carbocycles. The van der Waals surface area contributed by atoms with Gasteiger partial charge >= 0.3 is 0 Å². The van der Waals surface area contributed by atoms with Crippen molar-refractivity contribution in [3.05, 3.63) is 11.9 Å². The summed E-state index contributed by atoms with van der Waals surface area (Å²) in [5, 5.41) is 10.7. The molecule has 3 N–H and O–H groups in total. The number of nitrogens with two attached hydrogens (primary N) is 1. The Bertz CT molecular complexity index is 349. The molecule has 1 atom stereocenters. The van der Waals surface area contributed by atoms with Gasteiger partial charge in [0.15, 0.2) is 0 Å². The van der Waals surface area contributed by atoms with E-state index in [-0.39, 0.29) is 18.5 Å². The standard InChI is InChI=1S/C11H21N5O/c1-3-4-9(2)13-11(17)8-16-7-10(5-6-12)14-15-16/h7,9H,3-6,8,12H2,1-2H3,(H,13,17). The minimum absolute atomic E-state index is 0.0323. The topological polar surface area (TPSA) is 85.8 Å². The number of rotatable bonds is 7. The van der Waals surface area contributed by atoms with Crippen LogP contribution in [0.25, 0.3) is 0 Å². The van der Waals surface area contributed by atoms with Crippen LogP contribution >= 0.6 is 0 Å². The molecule has 0 bridgehead atoms. The zero-order valence-corrected chi connectivity index (χ0v) is 10.5. The average molecular weight is 239 g/mol. The summed E-state index contributed by atoms with van der Waals surface area (Å²) in [5.74, 6) is -0.0323. The van der Waals surface area contributed by atoms with Gasteiger partial charge in [-0.05, 0) is 19.9 Å². The van der Waals surface area contributed by atoms with Crippen LogP contribution in [0.15, 0.2) is 6.20 Å². The minimum atomic E-state index is -0.0323. The first-order chi connectivity index (χ1) is 8.15. The summed E-state index contributed by atoms with van der Waals surface area (Å²) in [5.41, 5.74) is 6.24. The van der Waals surface area contributed by atoms with Crippen molar-refractivity contribution in [2.45, 2.75) is 45.7 Å². The molecule has 0 fully saturated rings. The summed E-state index contributed by atoms with van der Waals surface area (Å²) < 4.78 is 1.54. The van der Waals surface area contributed by atoms with Crippen LogP contribution in [0.5, 0.6) is 0 Å². The maximum absolute atomic E-state index is 11.6. The van der Waals surface area contributed by atoms with Gasteiger partial charge in [-0.2, -0.15) is 0 Å². The fourth-order valence-electron chi connectivity index (χ4n) is 1.65. The zero-order valence-electron chi connectivity index (χ0n) is 10.5. The van der Waals surface area contributed by atoms with Crippen LogP contribution in [0.1, 0.15) is 32.4 Å². The highest BCUT2D eigenvalue weighted by molar-refractivity contribution is 5.75. The van der Waals surface area contributed by atoms with Crippen LogP contribution in [-0.4, -0.2) is 33.5 Å². The third-order valence-electron chi connectivity index (χ3n) is 2.42. The Morgan fingerprint density at radius 1 is 1.65 bits per heavy atom. The molecule has 0 aliphatic rings. The van der Waals surface area contributed by atoms with E-state index in [2.05, 4.69) is 22.6 Å². The second kappa shape index (κ2) is 7.01. The van der Waals surface area contributed by atoms with E-state index in [1.165, 1.54) is 0 Å². The van der Waals surface area contributed by atoms with Gasteiger partial charge in [0.2, 0.25) is 5.91 Å². The molecule has 6 nitrogen and oxygen atoms in total. The van der Waals surface area contributed by atoms with E-state index in [1.807, 2.05) is 6.92 Å². The van der Waals surface area contributed by atoms with E-state index in [1.54, 1.807) is 10.9 Å². The number of hydrogen-bond acceptors (Lipinski definition) is 4. The molecule has 0 aliphatic heterocycles. The third-order valence-corrected chi connectivity index (χ3v) is 2.42. The molecule has 96 valence electrons. The highest BCUT2D eigenvalue weighted by Gasteiger charge is 2.08. The number of carbonyl (C=O) groups excluding carboxylic acids is 1. The second-order valence-corrected chi connectivity index (χ2v) is 4.20. The van der Waals surface area contributed by atoms with Crippen LogP contribution in [0.4, 0.5) is 0 Å². The van der Waals surface area contributed by atoms with E-state index < -0.39 is 0 Å². The minimum Gasteiger partial charge on any atom is -0.352 e. The SMILES string of the molecule is CCCC(C)NC(=O)Cn1cc(CCN)nn1. The van der Waals surface area contributed by atoms with Gasteiger partial charge < -0.3 is 11.1 Å². The van der Waals surface area contributed by atoms with Crippen LogP contribution in [0, 0.1) is 0 Å². The van der Waals surface area contributed by atoms with E-state index in [0.29, 0.717) is 13.0 Å². The van der Waals surface area contributed by atoms with Crippen molar-refractivity contribution >= 4 is 5.91 Å². The van der Waals surface area contributed by atoms with Gasteiger partial charge in [0.1, 0.15) is 6.54 Å². The lowest BCUT2D eigenvalue weighted by Gasteiger charge is -2.12. The summed E-state index contributed by atoms with van der Waals surface area (Å²) in [6, 6.07) is 0.208. The van der Waals surface area contributed by atoms with Gasteiger partial charge in [-0.3, -0.25) is 4.79 Å². The average Bonchev–Trinajstić information content (AvgIpc) is 2.66. The molecule has 1 unspecified atom stereocenters. The maximum Gasteiger partial charge on any atom is 0.242 e. The number of nitrogens with zero attached hydrogens (tertiary/aromatic N) is 3. The molecule has 1 aromatic heterocycles. The van der Waals surface area contributed by atoms with E-state index in [9.17, 15) is 4.79 Å². The summed E-state index contributed by atoms with van der Waals surface area (Å²) >= 11 is 0. The highest BCUT2D eigenvalue weighted by Crippen LogP contribution is 1.96. The fourth-order valence-corrected chi connectivity index (χ4v) is 1.65. The van der Waals surface area contributed by atoms with Crippen LogP contribution in [0.2, 0.25) is 0 Å². The van der Waals surface area contributed by atoms with Gasteiger partial charge in [-0.1, -0.05) is 18.6 Å². The van der Waals surface area contributed by atoms with Gasteiger partial charge in [0.05, 0.1) is 5.69 Å². The lowest BCUT2D eigenvalue weighted by Crippen LogP contribution is -2.35. The van der Waals surface area contributed by atoms with Crippen molar-refractivity contribution in [2.24, 2.45) is 5.73 Å². The molecule has 17 heavy (non-hydrogen) atoms. The lowest BCUT2D eigenvalue weighted by atomic mass is 10.2. The molecule has 1 rings (SSSR count). The smallest absolute Gasteiger partial charge is 0.242 e. The fraction of sp³-hybridized carbons (Fsp3) is 0.727. The number of aromatic nitrogens is 3.